The van der Waals surface area contributed by atoms with E-state index >= 15 is 0 Å². The summed E-state index contributed by atoms with van der Waals surface area (Å²) in [6.45, 7) is 0.141. The quantitative estimate of drug-likeness (QED) is 0.327. The molecule has 0 heterocycles. The lowest BCUT2D eigenvalue weighted by Gasteiger charge is -1.95. The van der Waals surface area contributed by atoms with Gasteiger partial charge in [0.1, 0.15) is 6.61 Å². The Morgan fingerprint density at radius 3 is 2.69 bits per heavy atom. The van der Waals surface area contributed by atoms with Crippen molar-refractivity contribution in [1.29, 1.82) is 0 Å². The van der Waals surface area contributed by atoms with Gasteiger partial charge < -0.3 is 9.84 Å². The SMILES string of the molecule is C#C/C=C/C(=O)OCCC#C/C=C/C(=O)O. The molecule has 0 amide bonds. The van der Waals surface area contributed by atoms with E-state index in [1.807, 2.05) is 0 Å². The number of aliphatic carboxylic acids is 1. The lowest BCUT2D eigenvalue weighted by molar-refractivity contribution is -0.137. The molecular weight excluding hydrogens is 208 g/mol. The number of carbonyl (C=O) groups is 2. The van der Waals surface area contributed by atoms with E-state index < -0.39 is 11.9 Å². The third-order valence-corrected chi connectivity index (χ3v) is 1.20. The maximum Gasteiger partial charge on any atom is 0.331 e. The molecule has 0 unspecified atom stereocenters. The van der Waals surface area contributed by atoms with Crippen LogP contribution in [0.25, 0.3) is 0 Å². The van der Waals surface area contributed by atoms with E-state index in [0.29, 0.717) is 6.42 Å². The predicted octanol–water partition coefficient (Wildman–Crippen LogP) is 0.753. The minimum atomic E-state index is -1.06. The molecule has 1 N–H and O–H groups in total. The molecule has 0 bridgehead atoms. The summed E-state index contributed by atoms with van der Waals surface area (Å²) < 4.78 is 4.71. The van der Waals surface area contributed by atoms with Crippen LogP contribution in [0.5, 0.6) is 0 Å². The third-order valence-electron chi connectivity index (χ3n) is 1.20. The Morgan fingerprint density at radius 2 is 2.06 bits per heavy atom. The lowest BCUT2D eigenvalue weighted by Crippen LogP contribution is -2.01. The van der Waals surface area contributed by atoms with Gasteiger partial charge in [-0.05, 0) is 12.2 Å². The second-order valence-electron chi connectivity index (χ2n) is 2.41. The first-order valence-corrected chi connectivity index (χ1v) is 4.34. The molecule has 0 aromatic heterocycles. The van der Waals surface area contributed by atoms with Gasteiger partial charge in [0.25, 0.3) is 0 Å². The first-order chi connectivity index (χ1) is 7.66. The van der Waals surface area contributed by atoms with Crippen LogP contribution < -0.4 is 0 Å². The summed E-state index contributed by atoms with van der Waals surface area (Å²) in [6.07, 6.45) is 9.73. The van der Waals surface area contributed by atoms with E-state index in [1.54, 1.807) is 0 Å². The van der Waals surface area contributed by atoms with Crippen molar-refractivity contribution in [2.45, 2.75) is 6.42 Å². The van der Waals surface area contributed by atoms with E-state index in [0.717, 1.165) is 12.2 Å². The highest BCUT2D eigenvalue weighted by molar-refractivity contribution is 5.82. The first-order valence-electron chi connectivity index (χ1n) is 4.34. The molecule has 82 valence electrons. The number of rotatable bonds is 4. The molecule has 0 radical (unpaired) electrons. The summed E-state index contributed by atoms with van der Waals surface area (Å²) in [5, 5.41) is 8.22. The highest BCUT2D eigenvalue weighted by Gasteiger charge is 1.93. The van der Waals surface area contributed by atoms with Crippen molar-refractivity contribution in [3.63, 3.8) is 0 Å². The van der Waals surface area contributed by atoms with Gasteiger partial charge in [-0.1, -0.05) is 17.8 Å². The fraction of sp³-hybridized carbons (Fsp3) is 0.167. The Bertz CT molecular complexity index is 399. The fourth-order valence-electron chi connectivity index (χ4n) is 0.611. The molecule has 0 saturated carbocycles. The van der Waals surface area contributed by atoms with Gasteiger partial charge in [-0.3, -0.25) is 0 Å². The molecule has 0 atom stereocenters. The highest BCUT2D eigenvalue weighted by atomic mass is 16.5. The van der Waals surface area contributed by atoms with E-state index in [-0.39, 0.29) is 6.61 Å². The van der Waals surface area contributed by atoms with Crippen LogP contribution in [-0.2, 0) is 14.3 Å². The zero-order valence-electron chi connectivity index (χ0n) is 8.47. The Kier molecular flexibility index (Phi) is 7.71. The summed E-state index contributed by atoms with van der Waals surface area (Å²) in [5.41, 5.74) is 0. The number of esters is 1. The molecule has 16 heavy (non-hydrogen) atoms. The van der Waals surface area contributed by atoms with Gasteiger partial charge in [0.15, 0.2) is 0 Å². The average molecular weight is 218 g/mol. The first kappa shape index (κ1) is 13.5. The van der Waals surface area contributed by atoms with Gasteiger partial charge in [0.2, 0.25) is 0 Å². The number of hydrogen-bond acceptors (Lipinski definition) is 3. The minimum Gasteiger partial charge on any atom is -0.478 e. The van der Waals surface area contributed by atoms with Crippen LogP contribution in [0.4, 0.5) is 0 Å². The van der Waals surface area contributed by atoms with Crippen LogP contribution in [0.3, 0.4) is 0 Å². The van der Waals surface area contributed by atoms with Gasteiger partial charge in [-0.15, -0.1) is 6.42 Å². The van der Waals surface area contributed by atoms with Gasteiger partial charge in [-0.2, -0.15) is 0 Å². The maximum absolute atomic E-state index is 10.8. The largest absolute Gasteiger partial charge is 0.478 e. The van der Waals surface area contributed by atoms with Crippen LogP contribution >= 0.6 is 0 Å². The van der Waals surface area contributed by atoms with Crippen LogP contribution in [0, 0.1) is 24.2 Å². The van der Waals surface area contributed by atoms with Crippen molar-refractivity contribution in [1.82, 2.24) is 0 Å². The summed E-state index contributed by atoms with van der Waals surface area (Å²) in [6, 6.07) is 0. The number of carboxylic acids is 1. The molecular formula is C12H10O4. The molecule has 0 saturated heterocycles. The second kappa shape index (κ2) is 9.11. The smallest absolute Gasteiger partial charge is 0.331 e. The predicted molar refractivity (Wildman–Crippen MR) is 58.1 cm³/mol. The van der Waals surface area contributed by atoms with Crippen LogP contribution in [-0.4, -0.2) is 23.7 Å². The van der Waals surface area contributed by atoms with Crippen molar-refractivity contribution in [2.75, 3.05) is 6.61 Å². The van der Waals surface area contributed by atoms with Crippen molar-refractivity contribution < 1.29 is 19.4 Å². The molecule has 0 aromatic rings. The molecule has 0 aliphatic heterocycles. The normalized spacial score (nSPS) is 9.44. The highest BCUT2D eigenvalue weighted by Crippen LogP contribution is 1.84. The van der Waals surface area contributed by atoms with E-state index in [9.17, 15) is 9.59 Å². The maximum atomic E-state index is 10.8. The van der Waals surface area contributed by atoms with Crippen LogP contribution in [0.1, 0.15) is 6.42 Å². The number of carboxylic acid groups (broad SMARTS) is 1. The van der Waals surface area contributed by atoms with Crippen molar-refractivity contribution in [3.05, 3.63) is 24.3 Å². The Labute approximate surface area is 93.6 Å². The Balaban J connectivity index is 3.69. The minimum absolute atomic E-state index is 0.141. The van der Waals surface area contributed by atoms with E-state index in [2.05, 4.69) is 17.8 Å². The summed E-state index contributed by atoms with van der Waals surface area (Å²) >= 11 is 0. The van der Waals surface area contributed by atoms with Crippen molar-refractivity contribution >= 4 is 11.9 Å². The Morgan fingerprint density at radius 1 is 1.31 bits per heavy atom. The van der Waals surface area contributed by atoms with Gasteiger partial charge >= 0.3 is 11.9 Å². The number of allylic oxidation sites excluding steroid dienone is 2. The fourth-order valence-corrected chi connectivity index (χ4v) is 0.611. The monoisotopic (exact) mass is 218 g/mol. The topological polar surface area (TPSA) is 63.6 Å². The third kappa shape index (κ3) is 9.63. The molecule has 0 aromatic carbocycles. The number of carbonyl (C=O) groups excluding carboxylic acids is 1. The van der Waals surface area contributed by atoms with Crippen LogP contribution in [0.15, 0.2) is 24.3 Å². The zero-order chi connectivity index (χ0) is 12.2. The summed E-state index contributed by atoms with van der Waals surface area (Å²) in [4.78, 5) is 20.9. The number of terminal acetylenes is 1. The molecule has 0 rings (SSSR count). The van der Waals surface area contributed by atoms with Gasteiger partial charge in [0, 0.05) is 18.6 Å². The summed E-state index contributed by atoms with van der Waals surface area (Å²) in [7, 11) is 0. The van der Waals surface area contributed by atoms with Crippen molar-refractivity contribution in [2.24, 2.45) is 0 Å². The zero-order valence-corrected chi connectivity index (χ0v) is 8.47. The van der Waals surface area contributed by atoms with E-state index in [1.165, 1.54) is 12.2 Å². The van der Waals surface area contributed by atoms with Gasteiger partial charge in [0.05, 0.1) is 0 Å². The Hall–Kier alpha value is -2.46. The molecule has 0 aliphatic rings. The van der Waals surface area contributed by atoms with Crippen LogP contribution in [0.2, 0.25) is 0 Å². The molecule has 0 fully saturated rings. The number of hydrogen-bond donors (Lipinski definition) is 1. The average Bonchev–Trinajstić information content (AvgIpc) is 2.24. The molecule has 4 nitrogen and oxygen atoms in total. The van der Waals surface area contributed by atoms with Crippen molar-refractivity contribution in [3.8, 4) is 24.2 Å². The molecule has 4 heteroatoms. The summed E-state index contributed by atoms with van der Waals surface area (Å²) in [5.74, 6) is 5.66. The standard InChI is InChI=1S/C12H10O4/c1-2-3-9-12(15)16-10-7-5-4-6-8-11(13)14/h1,3,6,8-9H,7,10H2,(H,13,14)/b8-6+,9-3+. The van der Waals surface area contributed by atoms with Gasteiger partial charge in [-0.25, -0.2) is 9.59 Å². The number of ether oxygens (including phenoxy) is 1. The molecule has 0 spiro atoms. The van der Waals surface area contributed by atoms with E-state index in [4.69, 9.17) is 16.3 Å². The lowest BCUT2D eigenvalue weighted by atomic mass is 10.4. The molecule has 0 aliphatic carbocycles. The second-order valence-corrected chi connectivity index (χ2v) is 2.41.